The zero-order valence-electron chi connectivity index (χ0n) is 18.1. The van der Waals surface area contributed by atoms with Gasteiger partial charge in [-0.05, 0) is 43.7 Å². The van der Waals surface area contributed by atoms with E-state index >= 15 is 0 Å². The van der Waals surface area contributed by atoms with Gasteiger partial charge in [0.05, 0.1) is 16.2 Å². The topological polar surface area (TPSA) is 99.0 Å². The van der Waals surface area contributed by atoms with Gasteiger partial charge in [0, 0.05) is 12.1 Å². The lowest BCUT2D eigenvalue weighted by Gasteiger charge is -2.35. The number of benzene rings is 3. The van der Waals surface area contributed by atoms with E-state index in [2.05, 4.69) is 0 Å². The average molecular weight is 446 g/mol. The summed E-state index contributed by atoms with van der Waals surface area (Å²) < 4.78 is 5.95. The summed E-state index contributed by atoms with van der Waals surface area (Å²) in [4.78, 5) is 42.8. The monoisotopic (exact) mass is 446 g/mol. The number of hydrogen-bond donors (Lipinski definition) is 0. The van der Waals surface area contributed by atoms with Gasteiger partial charge in [-0.1, -0.05) is 48.5 Å². The molecule has 0 unspecified atom stereocenters. The van der Waals surface area contributed by atoms with Gasteiger partial charge in [-0.15, -0.1) is 0 Å². The summed E-state index contributed by atoms with van der Waals surface area (Å²) in [6.45, 7) is 3.05. The Morgan fingerprint density at radius 3 is 2.09 bits per heavy atom. The van der Waals surface area contributed by atoms with Gasteiger partial charge in [-0.25, -0.2) is 9.86 Å². The normalized spacial score (nSPS) is 22.1. The largest absolute Gasteiger partial charge is 0.442 e. The molecule has 0 aliphatic carbocycles. The number of esters is 1. The van der Waals surface area contributed by atoms with Crippen LogP contribution in [0.3, 0.4) is 0 Å². The predicted molar refractivity (Wildman–Crippen MR) is 121 cm³/mol. The van der Waals surface area contributed by atoms with Crippen LogP contribution < -0.4 is 5.06 Å². The van der Waals surface area contributed by atoms with E-state index in [1.54, 1.807) is 12.0 Å². The fraction of sp³-hybridized carbons (Fsp3) is 0.200. The van der Waals surface area contributed by atoms with Gasteiger partial charge in [-0.2, -0.15) is 0 Å². The Kier molecular flexibility index (Phi) is 5.93. The maximum Gasteiger partial charge on any atom is 0.339 e. The molecular weight excluding hydrogens is 424 g/mol. The molecule has 3 aromatic rings. The molecule has 0 bridgehead atoms. The Bertz CT molecular complexity index is 1170. The summed E-state index contributed by atoms with van der Waals surface area (Å²) in [5, 5.41) is 12.5. The molecule has 0 aromatic heterocycles. The molecule has 8 heteroatoms. The lowest BCUT2D eigenvalue weighted by molar-refractivity contribution is -0.384. The third-order valence-corrected chi connectivity index (χ3v) is 5.77. The van der Waals surface area contributed by atoms with Gasteiger partial charge in [-0.3, -0.25) is 19.7 Å². The zero-order valence-corrected chi connectivity index (χ0v) is 18.1. The van der Waals surface area contributed by atoms with Gasteiger partial charge in [0.15, 0.2) is 5.78 Å². The molecule has 0 N–H and O–H groups in total. The number of nitro benzene ring substituents is 1. The van der Waals surface area contributed by atoms with Crippen LogP contribution in [0.2, 0.25) is 0 Å². The van der Waals surface area contributed by atoms with E-state index in [-0.39, 0.29) is 17.0 Å². The molecule has 1 aliphatic heterocycles. The molecular formula is C25H22N2O6. The summed E-state index contributed by atoms with van der Waals surface area (Å²) >= 11 is 0. The zero-order chi connectivity index (χ0) is 23.6. The Labute approximate surface area is 190 Å². The Morgan fingerprint density at radius 1 is 0.970 bits per heavy atom. The van der Waals surface area contributed by atoms with Crippen LogP contribution in [0, 0.1) is 10.1 Å². The number of nitrogens with zero attached hydrogens (tertiary/aromatic N) is 2. The molecule has 1 aliphatic rings. The summed E-state index contributed by atoms with van der Waals surface area (Å²) in [7, 11) is 0. The van der Waals surface area contributed by atoms with Crippen LogP contribution in [0.25, 0.3) is 0 Å². The molecule has 0 amide bonds. The third kappa shape index (κ3) is 3.96. The maximum absolute atomic E-state index is 13.2. The van der Waals surface area contributed by atoms with Crippen molar-refractivity contribution in [3.8, 4) is 0 Å². The minimum atomic E-state index is -1.66. The second-order valence-electron chi connectivity index (χ2n) is 7.76. The molecule has 1 heterocycles. The Morgan fingerprint density at radius 2 is 1.55 bits per heavy atom. The highest BCUT2D eigenvalue weighted by Gasteiger charge is 2.61. The average Bonchev–Trinajstić information content (AvgIpc) is 3.13. The predicted octanol–water partition coefficient (Wildman–Crippen LogP) is 4.66. The molecule has 8 nitrogen and oxygen atoms in total. The van der Waals surface area contributed by atoms with Crippen LogP contribution in [-0.2, 0) is 14.4 Å². The molecule has 1 saturated heterocycles. The smallest absolute Gasteiger partial charge is 0.339 e. The van der Waals surface area contributed by atoms with Crippen molar-refractivity contribution in [2.24, 2.45) is 0 Å². The standard InChI is InChI=1S/C25H22N2O6/c1-17(28)25(32-24(29)20-13-15-22(16-14-20)27(30)31)18(2)33-26(21-11-7-4-8-12-21)23(25)19-9-5-3-6-10-19/h3-16,18,23H,1-2H3/t18-,23+,25+/m1/s1. The second-order valence-corrected chi connectivity index (χ2v) is 7.76. The highest BCUT2D eigenvalue weighted by Crippen LogP contribution is 2.48. The summed E-state index contributed by atoms with van der Waals surface area (Å²) in [6, 6.07) is 22.8. The van der Waals surface area contributed by atoms with Gasteiger partial charge in [0.25, 0.3) is 5.69 Å². The summed E-state index contributed by atoms with van der Waals surface area (Å²) in [5.74, 6) is -1.15. The van der Waals surface area contributed by atoms with Crippen molar-refractivity contribution in [1.29, 1.82) is 0 Å². The van der Waals surface area contributed by atoms with Crippen molar-refractivity contribution in [3.05, 3.63) is 106 Å². The van der Waals surface area contributed by atoms with Gasteiger partial charge < -0.3 is 4.74 Å². The van der Waals surface area contributed by atoms with Gasteiger partial charge >= 0.3 is 5.97 Å². The first-order valence-corrected chi connectivity index (χ1v) is 10.4. The number of nitro groups is 1. The minimum absolute atomic E-state index is 0.0957. The van der Waals surface area contributed by atoms with Crippen molar-refractivity contribution in [1.82, 2.24) is 0 Å². The lowest BCUT2D eigenvalue weighted by atomic mass is 9.81. The molecule has 168 valence electrons. The number of non-ortho nitro benzene ring substituents is 1. The number of para-hydroxylation sites is 1. The van der Waals surface area contributed by atoms with Crippen molar-refractivity contribution < 1.29 is 24.1 Å². The highest BCUT2D eigenvalue weighted by atomic mass is 16.7. The number of anilines is 1. The number of carbonyl (C=O) groups is 2. The second kappa shape index (κ2) is 8.84. The number of ether oxygens (including phenoxy) is 1. The van der Waals surface area contributed by atoms with E-state index in [0.29, 0.717) is 5.69 Å². The maximum atomic E-state index is 13.2. The quantitative estimate of drug-likeness (QED) is 0.308. The molecule has 0 radical (unpaired) electrons. The first-order chi connectivity index (χ1) is 15.8. The van der Waals surface area contributed by atoms with E-state index in [0.717, 1.165) is 5.56 Å². The molecule has 33 heavy (non-hydrogen) atoms. The first-order valence-electron chi connectivity index (χ1n) is 10.4. The number of hydroxylamine groups is 1. The van der Waals surface area contributed by atoms with Crippen LogP contribution in [-0.4, -0.2) is 28.4 Å². The highest BCUT2D eigenvalue weighted by molar-refractivity contribution is 5.95. The van der Waals surface area contributed by atoms with Crippen molar-refractivity contribution >= 4 is 23.1 Å². The first kappa shape index (κ1) is 22.2. The number of Topliss-reactive ketones (excluding diaryl/α,β-unsaturated/α-hetero) is 1. The molecule has 3 atom stereocenters. The van der Waals surface area contributed by atoms with Crippen molar-refractivity contribution in [2.75, 3.05) is 5.06 Å². The van der Waals surface area contributed by atoms with Gasteiger partial charge in [0.1, 0.15) is 12.1 Å². The molecule has 1 fully saturated rings. The van der Waals surface area contributed by atoms with E-state index in [1.165, 1.54) is 31.2 Å². The summed E-state index contributed by atoms with van der Waals surface area (Å²) in [5.41, 5.74) is -0.276. The van der Waals surface area contributed by atoms with Crippen LogP contribution >= 0.6 is 0 Å². The Balaban J connectivity index is 1.79. The van der Waals surface area contributed by atoms with E-state index < -0.39 is 28.6 Å². The lowest BCUT2D eigenvalue weighted by Crippen LogP contribution is -2.52. The molecule has 0 spiro atoms. The van der Waals surface area contributed by atoms with Gasteiger partial charge in [0.2, 0.25) is 5.60 Å². The van der Waals surface area contributed by atoms with Crippen LogP contribution in [0.5, 0.6) is 0 Å². The third-order valence-electron chi connectivity index (χ3n) is 5.77. The van der Waals surface area contributed by atoms with Crippen molar-refractivity contribution in [3.63, 3.8) is 0 Å². The number of carbonyl (C=O) groups excluding carboxylic acids is 2. The van der Waals surface area contributed by atoms with E-state index in [4.69, 9.17) is 9.57 Å². The molecule has 0 saturated carbocycles. The van der Waals surface area contributed by atoms with Crippen LogP contribution in [0.15, 0.2) is 84.9 Å². The number of rotatable bonds is 6. The fourth-order valence-electron chi connectivity index (χ4n) is 4.13. The van der Waals surface area contributed by atoms with Crippen LogP contribution in [0.4, 0.5) is 11.4 Å². The van der Waals surface area contributed by atoms with Crippen LogP contribution in [0.1, 0.15) is 35.8 Å². The fourth-order valence-corrected chi connectivity index (χ4v) is 4.13. The minimum Gasteiger partial charge on any atom is -0.442 e. The number of hydrogen-bond acceptors (Lipinski definition) is 7. The van der Waals surface area contributed by atoms with Crippen molar-refractivity contribution in [2.45, 2.75) is 31.6 Å². The molecule has 4 rings (SSSR count). The Hall–Kier alpha value is -4.04. The summed E-state index contributed by atoms with van der Waals surface area (Å²) in [6.07, 6.45) is -0.803. The van der Waals surface area contributed by atoms with E-state index in [1.807, 2.05) is 60.7 Å². The number of ketones is 1. The SMILES string of the molecule is CC(=O)[C@@]1(OC(=O)c2ccc([N+](=O)[O-])cc2)[C@H](c2ccccc2)N(c2ccccc2)O[C@@H]1C. The van der Waals surface area contributed by atoms with E-state index in [9.17, 15) is 19.7 Å². The molecule has 3 aromatic carbocycles.